The Hall–Kier alpha value is -1.63. The molecule has 0 aliphatic carbocycles. The number of aryl methyl sites for hydroxylation is 1. The standard InChI is InChI=1S/C17H20FN3.HI/c1-13-7-3-4-8-14(13)11-20-17(19-2)21-12-15-9-5-6-10-16(15)18;/h3-10H,11-12H2,1-2H3,(H2,19,20,21);1H. The topological polar surface area (TPSA) is 36.4 Å². The molecule has 0 saturated heterocycles. The van der Waals surface area contributed by atoms with E-state index >= 15 is 0 Å². The minimum atomic E-state index is -0.209. The van der Waals surface area contributed by atoms with E-state index in [1.54, 1.807) is 19.2 Å². The van der Waals surface area contributed by atoms with Gasteiger partial charge in [0.15, 0.2) is 5.96 Å². The minimum Gasteiger partial charge on any atom is -0.352 e. The fourth-order valence-corrected chi connectivity index (χ4v) is 2.03. The zero-order valence-corrected chi connectivity index (χ0v) is 15.1. The third-order valence-corrected chi connectivity index (χ3v) is 3.34. The Kier molecular flexibility index (Phi) is 7.87. The number of nitrogens with one attached hydrogen (secondary N) is 2. The van der Waals surface area contributed by atoms with Crippen molar-refractivity contribution in [3.63, 3.8) is 0 Å². The summed E-state index contributed by atoms with van der Waals surface area (Å²) in [4.78, 5) is 4.15. The molecule has 0 aliphatic rings. The maximum absolute atomic E-state index is 13.5. The van der Waals surface area contributed by atoms with Crippen LogP contribution >= 0.6 is 24.0 Å². The van der Waals surface area contributed by atoms with Crippen LogP contribution in [0.5, 0.6) is 0 Å². The molecular formula is C17H21FIN3. The average Bonchev–Trinajstić information content (AvgIpc) is 2.50. The van der Waals surface area contributed by atoms with E-state index < -0.39 is 0 Å². The molecule has 0 fully saturated rings. The van der Waals surface area contributed by atoms with Crippen LogP contribution in [0, 0.1) is 12.7 Å². The van der Waals surface area contributed by atoms with Crippen molar-refractivity contribution in [3.8, 4) is 0 Å². The Bertz CT molecular complexity index is 577. The minimum absolute atomic E-state index is 0. The first-order valence-electron chi connectivity index (χ1n) is 6.93. The molecular weight excluding hydrogens is 392 g/mol. The monoisotopic (exact) mass is 413 g/mol. The Labute approximate surface area is 148 Å². The highest BCUT2D eigenvalue weighted by Gasteiger charge is 2.03. The summed E-state index contributed by atoms with van der Waals surface area (Å²) in [5.74, 6) is 0.445. The fourth-order valence-electron chi connectivity index (χ4n) is 2.03. The number of benzene rings is 2. The lowest BCUT2D eigenvalue weighted by atomic mass is 10.1. The van der Waals surface area contributed by atoms with E-state index in [0.717, 1.165) is 0 Å². The summed E-state index contributed by atoms with van der Waals surface area (Å²) >= 11 is 0. The van der Waals surface area contributed by atoms with Crippen LogP contribution in [0.1, 0.15) is 16.7 Å². The summed E-state index contributed by atoms with van der Waals surface area (Å²) in [6, 6.07) is 14.9. The smallest absolute Gasteiger partial charge is 0.191 e. The highest BCUT2D eigenvalue weighted by molar-refractivity contribution is 14.0. The third kappa shape index (κ3) is 5.29. The van der Waals surface area contributed by atoms with Gasteiger partial charge in [0.05, 0.1) is 0 Å². The summed E-state index contributed by atoms with van der Waals surface area (Å²) in [6.45, 7) is 3.16. The molecule has 0 heterocycles. The molecule has 118 valence electrons. The highest BCUT2D eigenvalue weighted by Crippen LogP contribution is 2.07. The predicted octanol–water partition coefficient (Wildman–Crippen LogP) is 3.62. The molecule has 3 nitrogen and oxygen atoms in total. The van der Waals surface area contributed by atoms with Gasteiger partial charge in [-0.05, 0) is 24.1 Å². The number of nitrogens with zero attached hydrogens (tertiary/aromatic N) is 1. The first kappa shape index (κ1) is 18.4. The van der Waals surface area contributed by atoms with E-state index in [-0.39, 0.29) is 29.8 Å². The molecule has 2 aromatic rings. The predicted molar refractivity (Wildman–Crippen MR) is 100 cm³/mol. The highest BCUT2D eigenvalue weighted by atomic mass is 127. The van der Waals surface area contributed by atoms with Gasteiger partial charge in [-0.2, -0.15) is 0 Å². The number of hydrogen-bond donors (Lipinski definition) is 2. The van der Waals surface area contributed by atoms with Gasteiger partial charge in [-0.25, -0.2) is 4.39 Å². The second kappa shape index (κ2) is 9.40. The van der Waals surface area contributed by atoms with Gasteiger partial charge in [0, 0.05) is 25.7 Å². The Morgan fingerprint density at radius 3 is 2.09 bits per heavy atom. The van der Waals surface area contributed by atoms with Crippen molar-refractivity contribution in [1.29, 1.82) is 0 Å². The van der Waals surface area contributed by atoms with Crippen molar-refractivity contribution in [3.05, 3.63) is 71.0 Å². The van der Waals surface area contributed by atoms with Crippen molar-refractivity contribution in [1.82, 2.24) is 10.6 Å². The third-order valence-electron chi connectivity index (χ3n) is 3.34. The van der Waals surface area contributed by atoms with Crippen molar-refractivity contribution in [2.24, 2.45) is 4.99 Å². The lowest BCUT2D eigenvalue weighted by Gasteiger charge is -2.13. The van der Waals surface area contributed by atoms with Crippen LogP contribution in [0.25, 0.3) is 0 Å². The Morgan fingerprint density at radius 2 is 1.50 bits per heavy atom. The quantitative estimate of drug-likeness (QED) is 0.457. The summed E-state index contributed by atoms with van der Waals surface area (Å²) in [5, 5.41) is 6.35. The summed E-state index contributed by atoms with van der Waals surface area (Å²) < 4.78 is 13.5. The first-order valence-corrected chi connectivity index (χ1v) is 6.93. The molecule has 0 aromatic heterocycles. The van der Waals surface area contributed by atoms with Crippen LogP contribution in [0.2, 0.25) is 0 Å². The van der Waals surface area contributed by atoms with Crippen molar-refractivity contribution < 1.29 is 4.39 Å². The first-order chi connectivity index (χ1) is 10.2. The largest absolute Gasteiger partial charge is 0.352 e. The van der Waals surface area contributed by atoms with E-state index in [4.69, 9.17) is 0 Å². The number of hydrogen-bond acceptors (Lipinski definition) is 1. The molecule has 0 atom stereocenters. The van der Waals surface area contributed by atoms with E-state index in [1.807, 2.05) is 18.2 Å². The normalized spacial score (nSPS) is 10.8. The molecule has 22 heavy (non-hydrogen) atoms. The summed E-state index contributed by atoms with van der Waals surface area (Å²) in [6.07, 6.45) is 0. The van der Waals surface area contributed by atoms with Gasteiger partial charge in [0.1, 0.15) is 5.82 Å². The second-order valence-corrected chi connectivity index (χ2v) is 4.80. The van der Waals surface area contributed by atoms with E-state index in [1.165, 1.54) is 17.2 Å². The van der Waals surface area contributed by atoms with Gasteiger partial charge in [0.2, 0.25) is 0 Å². The molecule has 0 spiro atoms. The number of halogens is 2. The van der Waals surface area contributed by atoms with Crippen LogP contribution in [-0.2, 0) is 13.1 Å². The summed E-state index contributed by atoms with van der Waals surface area (Å²) in [7, 11) is 1.70. The fraction of sp³-hybridized carbons (Fsp3) is 0.235. The maximum Gasteiger partial charge on any atom is 0.191 e. The molecule has 5 heteroatoms. The Balaban J connectivity index is 0.00000242. The average molecular weight is 413 g/mol. The Morgan fingerprint density at radius 1 is 0.955 bits per heavy atom. The molecule has 2 aromatic carbocycles. The van der Waals surface area contributed by atoms with Gasteiger partial charge in [-0.15, -0.1) is 24.0 Å². The van der Waals surface area contributed by atoms with Crippen LogP contribution < -0.4 is 10.6 Å². The van der Waals surface area contributed by atoms with Gasteiger partial charge in [0.25, 0.3) is 0 Å². The molecule has 0 amide bonds. The number of guanidine groups is 1. The maximum atomic E-state index is 13.5. The molecule has 0 bridgehead atoms. The molecule has 2 rings (SSSR count). The van der Waals surface area contributed by atoms with Crippen LogP contribution in [0.15, 0.2) is 53.5 Å². The SMILES string of the molecule is CN=C(NCc1ccccc1C)NCc1ccccc1F.I. The van der Waals surface area contributed by atoms with Crippen molar-refractivity contribution in [2.45, 2.75) is 20.0 Å². The molecule has 0 aliphatic heterocycles. The van der Waals surface area contributed by atoms with E-state index in [0.29, 0.717) is 24.6 Å². The lowest BCUT2D eigenvalue weighted by Crippen LogP contribution is -2.36. The second-order valence-electron chi connectivity index (χ2n) is 4.80. The van der Waals surface area contributed by atoms with Crippen LogP contribution in [-0.4, -0.2) is 13.0 Å². The van der Waals surface area contributed by atoms with Gasteiger partial charge >= 0.3 is 0 Å². The summed E-state index contributed by atoms with van der Waals surface area (Å²) in [5.41, 5.74) is 3.07. The molecule has 2 N–H and O–H groups in total. The van der Waals surface area contributed by atoms with Gasteiger partial charge in [-0.1, -0.05) is 42.5 Å². The van der Waals surface area contributed by atoms with Gasteiger partial charge < -0.3 is 10.6 Å². The van der Waals surface area contributed by atoms with Crippen molar-refractivity contribution in [2.75, 3.05) is 7.05 Å². The zero-order valence-electron chi connectivity index (χ0n) is 12.8. The van der Waals surface area contributed by atoms with Gasteiger partial charge in [-0.3, -0.25) is 4.99 Å². The number of aliphatic imine (C=N–C) groups is 1. The van der Waals surface area contributed by atoms with Crippen LogP contribution in [0.3, 0.4) is 0 Å². The van der Waals surface area contributed by atoms with Crippen molar-refractivity contribution >= 4 is 29.9 Å². The zero-order chi connectivity index (χ0) is 15.1. The van der Waals surface area contributed by atoms with E-state index in [2.05, 4.69) is 34.7 Å². The molecule has 0 radical (unpaired) electrons. The molecule has 0 unspecified atom stereocenters. The number of rotatable bonds is 4. The van der Waals surface area contributed by atoms with E-state index in [9.17, 15) is 4.39 Å². The lowest BCUT2D eigenvalue weighted by molar-refractivity contribution is 0.604. The van der Waals surface area contributed by atoms with Crippen LogP contribution in [0.4, 0.5) is 4.39 Å². The molecule has 0 saturated carbocycles.